The van der Waals surface area contributed by atoms with Crippen LogP contribution < -0.4 is 0 Å². The number of carbonyl (C=O) groups excluding carboxylic acids is 1. The maximum atomic E-state index is 13.7. The summed E-state index contributed by atoms with van der Waals surface area (Å²) in [6.45, 7) is 0.945. The van der Waals surface area contributed by atoms with Crippen LogP contribution in [0, 0.1) is 5.82 Å². The van der Waals surface area contributed by atoms with E-state index in [4.69, 9.17) is 4.74 Å². The molecular formula is C14H18FNO4S. The van der Waals surface area contributed by atoms with E-state index in [1.807, 2.05) is 0 Å². The second kappa shape index (κ2) is 6.53. The zero-order chi connectivity index (χ0) is 15.5. The van der Waals surface area contributed by atoms with Crippen LogP contribution in [0.2, 0.25) is 0 Å². The quantitative estimate of drug-likeness (QED) is 0.836. The highest BCUT2D eigenvalue weighted by molar-refractivity contribution is 7.90. The first-order chi connectivity index (χ1) is 9.87. The van der Waals surface area contributed by atoms with E-state index in [0.29, 0.717) is 18.7 Å². The van der Waals surface area contributed by atoms with Crippen LogP contribution in [0.3, 0.4) is 0 Å². The summed E-state index contributed by atoms with van der Waals surface area (Å²) < 4.78 is 41.5. The molecule has 116 valence electrons. The Morgan fingerprint density at radius 1 is 1.43 bits per heavy atom. The summed E-state index contributed by atoms with van der Waals surface area (Å²) in [4.78, 5) is 13.6. The van der Waals surface area contributed by atoms with Crippen molar-refractivity contribution in [3.8, 4) is 0 Å². The molecule has 1 heterocycles. The molecule has 1 amide bonds. The van der Waals surface area contributed by atoms with Crippen molar-refractivity contribution < 1.29 is 22.3 Å². The molecule has 0 aliphatic carbocycles. The van der Waals surface area contributed by atoms with Gasteiger partial charge in [-0.2, -0.15) is 0 Å². The normalized spacial score (nSPS) is 19.5. The molecule has 0 aromatic heterocycles. The van der Waals surface area contributed by atoms with E-state index in [1.54, 1.807) is 18.2 Å². The molecule has 1 aromatic carbocycles. The zero-order valence-electron chi connectivity index (χ0n) is 11.8. The molecule has 0 spiro atoms. The summed E-state index contributed by atoms with van der Waals surface area (Å²) in [6.07, 6.45) is 0.534. The predicted octanol–water partition coefficient (Wildman–Crippen LogP) is 1.16. The number of sulfone groups is 1. The van der Waals surface area contributed by atoms with Crippen molar-refractivity contribution in [3.63, 3.8) is 0 Å². The van der Waals surface area contributed by atoms with Gasteiger partial charge in [0.05, 0.1) is 18.9 Å². The lowest BCUT2D eigenvalue weighted by atomic mass is 10.1. The Labute approximate surface area is 123 Å². The number of nitrogens with zero attached hydrogens (tertiary/aromatic N) is 1. The van der Waals surface area contributed by atoms with E-state index in [-0.39, 0.29) is 30.4 Å². The van der Waals surface area contributed by atoms with Crippen molar-refractivity contribution in [2.24, 2.45) is 0 Å². The third-order valence-electron chi connectivity index (χ3n) is 3.36. The van der Waals surface area contributed by atoms with Crippen LogP contribution in [0.4, 0.5) is 4.39 Å². The lowest BCUT2D eigenvalue weighted by Gasteiger charge is -2.33. The highest BCUT2D eigenvalue weighted by Gasteiger charge is 2.27. The van der Waals surface area contributed by atoms with Crippen molar-refractivity contribution in [2.75, 3.05) is 31.7 Å². The number of hydrogen-bond donors (Lipinski definition) is 0. The van der Waals surface area contributed by atoms with Crippen molar-refractivity contribution in [2.45, 2.75) is 12.5 Å². The van der Waals surface area contributed by atoms with Gasteiger partial charge in [0.25, 0.3) is 0 Å². The van der Waals surface area contributed by atoms with E-state index in [0.717, 1.165) is 6.26 Å². The number of benzene rings is 1. The molecule has 1 aromatic rings. The molecule has 1 aliphatic heterocycles. The van der Waals surface area contributed by atoms with Crippen molar-refractivity contribution in [1.29, 1.82) is 0 Å². The maximum absolute atomic E-state index is 13.7. The molecule has 1 aliphatic rings. The molecule has 5 nitrogen and oxygen atoms in total. The fourth-order valence-corrected chi connectivity index (χ4v) is 2.78. The zero-order valence-corrected chi connectivity index (χ0v) is 12.6. The molecule has 1 atom stereocenters. The van der Waals surface area contributed by atoms with E-state index < -0.39 is 15.9 Å². The smallest absolute Gasteiger partial charge is 0.223 e. The average molecular weight is 315 g/mol. The Morgan fingerprint density at radius 3 is 2.81 bits per heavy atom. The second-order valence-electron chi connectivity index (χ2n) is 5.10. The van der Waals surface area contributed by atoms with Crippen LogP contribution in [0.5, 0.6) is 0 Å². The van der Waals surface area contributed by atoms with Crippen LogP contribution in [-0.4, -0.2) is 50.9 Å². The van der Waals surface area contributed by atoms with E-state index in [1.165, 1.54) is 11.0 Å². The number of rotatable bonds is 4. The minimum atomic E-state index is -3.17. The van der Waals surface area contributed by atoms with E-state index >= 15 is 0 Å². The second-order valence-corrected chi connectivity index (χ2v) is 7.36. The third-order valence-corrected chi connectivity index (χ3v) is 4.30. The van der Waals surface area contributed by atoms with Crippen LogP contribution in [0.1, 0.15) is 18.1 Å². The fourth-order valence-electron chi connectivity index (χ4n) is 2.23. The molecule has 0 bridgehead atoms. The standard InChI is InChI=1S/C14H18FNO4S/c1-21(18,19)9-6-14(17)16-7-8-20-13(10-16)11-4-2-3-5-12(11)15/h2-5,13H,6-10H2,1H3. The first-order valence-electron chi connectivity index (χ1n) is 6.68. The Balaban J connectivity index is 2.01. The molecule has 0 radical (unpaired) electrons. The third kappa shape index (κ3) is 4.50. The number of halogens is 1. The lowest BCUT2D eigenvalue weighted by molar-refractivity contribution is -0.138. The van der Waals surface area contributed by atoms with Crippen molar-refractivity contribution in [1.82, 2.24) is 4.90 Å². The minimum absolute atomic E-state index is 0.0528. The Morgan fingerprint density at radius 2 is 2.14 bits per heavy atom. The van der Waals surface area contributed by atoms with E-state index in [2.05, 4.69) is 0 Å². The number of carbonyl (C=O) groups is 1. The molecule has 0 saturated carbocycles. The number of amides is 1. The summed E-state index contributed by atoms with van der Waals surface area (Å²) >= 11 is 0. The molecule has 1 unspecified atom stereocenters. The van der Waals surface area contributed by atoms with Crippen LogP contribution in [0.15, 0.2) is 24.3 Å². The SMILES string of the molecule is CS(=O)(=O)CCC(=O)N1CCOC(c2ccccc2F)C1. The molecule has 21 heavy (non-hydrogen) atoms. The van der Waals surface area contributed by atoms with Crippen molar-refractivity contribution in [3.05, 3.63) is 35.6 Å². The molecular weight excluding hydrogens is 297 g/mol. The Hall–Kier alpha value is -1.47. The van der Waals surface area contributed by atoms with Gasteiger partial charge in [-0.15, -0.1) is 0 Å². The van der Waals surface area contributed by atoms with Gasteiger partial charge in [-0.05, 0) is 6.07 Å². The van der Waals surface area contributed by atoms with E-state index in [9.17, 15) is 17.6 Å². The topological polar surface area (TPSA) is 63.7 Å². The van der Waals surface area contributed by atoms with Gasteiger partial charge in [-0.3, -0.25) is 4.79 Å². The van der Waals surface area contributed by atoms with Crippen LogP contribution in [-0.2, 0) is 19.4 Å². The van der Waals surface area contributed by atoms with Gasteiger partial charge < -0.3 is 9.64 Å². The molecule has 2 rings (SSSR count). The molecule has 0 N–H and O–H groups in total. The predicted molar refractivity (Wildman–Crippen MR) is 76.0 cm³/mol. The van der Waals surface area contributed by atoms with Gasteiger partial charge in [-0.25, -0.2) is 12.8 Å². The minimum Gasteiger partial charge on any atom is -0.370 e. The maximum Gasteiger partial charge on any atom is 0.223 e. The molecule has 1 saturated heterocycles. The van der Waals surface area contributed by atoms with Gasteiger partial charge in [-0.1, -0.05) is 18.2 Å². The summed E-state index contributed by atoms with van der Waals surface area (Å²) in [6, 6.07) is 6.29. The lowest BCUT2D eigenvalue weighted by Crippen LogP contribution is -2.42. The number of ether oxygens (including phenoxy) is 1. The monoisotopic (exact) mass is 315 g/mol. The molecule has 7 heteroatoms. The largest absolute Gasteiger partial charge is 0.370 e. The highest BCUT2D eigenvalue weighted by atomic mass is 32.2. The van der Waals surface area contributed by atoms with Gasteiger partial charge in [0.1, 0.15) is 21.8 Å². The van der Waals surface area contributed by atoms with Crippen LogP contribution in [0.25, 0.3) is 0 Å². The van der Waals surface area contributed by atoms with Crippen molar-refractivity contribution >= 4 is 15.7 Å². The summed E-state index contributed by atoms with van der Waals surface area (Å²) in [7, 11) is -3.17. The first-order valence-corrected chi connectivity index (χ1v) is 8.74. The van der Waals surface area contributed by atoms with Gasteiger partial charge >= 0.3 is 0 Å². The summed E-state index contributed by atoms with van der Waals surface area (Å²) in [5, 5.41) is 0. The first kappa shape index (κ1) is 15.9. The van der Waals surface area contributed by atoms with Gasteiger partial charge in [0, 0.05) is 24.8 Å². The average Bonchev–Trinajstić information content (AvgIpc) is 2.44. The van der Waals surface area contributed by atoms with Gasteiger partial charge in [0.15, 0.2) is 0 Å². The Kier molecular flexibility index (Phi) is 4.95. The summed E-state index contributed by atoms with van der Waals surface area (Å²) in [5.41, 5.74) is 0.415. The van der Waals surface area contributed by atoms with Gasteiger partial charge in [0.2, 0.25) is 5.91 Å². The Bertz CT molecular complexity index is 617. The van der Waals surface area contributed by atoms with Crippen LogP contribution >= 0.6 is 0 Å². The molecule has 1 fully saturated rings. The number of hydrogen-bond acceptors (Lipinski definition) is 4. The summed E-state index contributed by atoms with van der Waals surface area (Å²) in [5.74, 6) is -0.786. The number of morpholine rings is 1. The highest BCUT2D eigenvalue weighted by Crippen LogP contribution is 2.24. The fraction of sp³-hybridized carbons (Fsp3) is 0.500.